The Hall–Kier alpha value is -4.42. The molecular weight excluding hydrogens is 586 g/mol. The fourth-order valence-corrected chi connectivity index (χ4v) is 5.22. The lowest BCUT2D eigenvalue weighted by molar-refractivity contribution is -0.148. The zero-order chi connectivity index (χ0) is 32.3. The lowest BCUT2D eigenvalue weighted by Gasteiger charge is -2.26. The second kappa shape index (κ2) is 15.3. The Bertz CT molecular complexity index is 1490. The van der Waals surface area contributed by atoms with Gasteiger partial charge >= 0.3 is 6.09 Å². The number of alkyl carbamates (subject to hydrolysis) is 1. The van der Waals surface area contributed by atoms with Gasteiger partial charge in [-0.15, -0.1) is 0 Å². The zero-order valence-electron chi connectivity index (χ0n) is 25.4. The van der Waals surface area contributed by atoms with Gasteiger partial charge in [-0.05, 0) is 68.7 Å². The van der Waals surface area contributed by atoms with E-state index in [9.17, 15) is 22.8 Å². The number of hydroxylamine groups is 1. The van der Waals surface area contributed by atoms with Crippen molar-refractivity contribution >= 4 is 27.7 Å². The number of amides is 3. The number of benzene rings is 3. The lowest BCUT2D eigenvalue weighted by atomic mass is 10.0. The van der Waals surface area contributed by atoms with E-state index in [1.165, 1.54) is 24.3 Å². The summed E-state index contributed by atoms with van der Waals surface area (Å²) in [5.41, 5.74) is 2.20. The minimum absolute atomic E-state index is 0.0122. The minimum atomic E-state index is -4.10. The van der Waals surface area contributed by atoms with Gasteiger partial charge in [-0.3, -0.25) is 14.4 Å². The molecule has 0 aliphatic heterocycles. The summed E-state index contributed by atoms with van der Waals surface area (Å²) in [4.78, 5) is 44.2. The first-order valence-corrected chi connectivity index (χ1v) is 15.7. The monoisotopic (exact) mass is 625 g/mol. The molecule has 0 saturated heterocycles. The molecular formula is C32H39N3O8S. The summed E-state index contributed by atoms with van der Waals surface area (Å²) >= 11 is 0. The van der Waals surface area contributed by atoms with E-state index in [0.717, 1.165) is 5.56 Å². The third-order valence-corrected chi connectivity index (χ3v) is 7.84. The number of hydrogen-bond donors (Lipinski definition) is 3. The van der Waals surface area contributed by atoms with Crippen LogP contribution in [0.1, 0.15) is 40.2 Å². The van der Waals surface area contributed by atoms with Crippen molar-refractivity contribution in [1.82, 2.24) is 16.1 Å². The van der Waals surface area contributed by atoms with Crippen LogP contribution in [0.3, 0.4) is 0 Å². The maximum atomic E-state index is 13.4. The fraction of sp³-hybridized carbons (Fsp3) is 0.344. The van der Waals surface area contributed by atoms with E-state index < -0.39 is 57.1 Å². The molecule has 3 rings (SSSR count). The molecule has 0 aliphatic carbocycles. The van der Waals surface area contributed by atoms with Crippen LogP contribution in [0, 0.1) is 5.92 Å². The summed E-state index contributed by atoms with van der Waals surface area (Å²) in [6.45, 7) is 8.44. The van der Waals surface area contributed by atoms with Crippen LogP contribution in [0.4, 0.5) is 4.79 Å². The molecule has 0 radical (unpaired) electrons. The lowest BCUT2D eigenvalue weighted by Crippen LogP contribution is -2.57. The van der Waals surface area contributed by atoms with Gasteiger partial charge in [-0.25, -0.2) is 18.7 Å². The first-order valence-electron chi connectivity index (χ1n) is 14.0. The van der Waals surface area contributed by atoms with Gasteiger partial charge < -0.3 is 20.1 Å². The van der Waals surface area contributed by atoms with Crippen molar-refractivity contribution in [3.63, 3.8) is 0 Å². The van der Waals surface area contributed by atoms with Crippen molar-refractivity contribution in [1.29, 1.82) is 0 Å². The van der Waals surface area contributed by atoms with Gasteiger partial charge in [0.25, 0.3) is 5.91 Å². The predicted octanol–water partition coefficient (Wildman–Crippen LogP) is 4.53. The summed E-state index contributed by atoms with van der Waals surface area (Å²) < 4.78 is 37.8. The van der Waals surface area contributed by atoms with Crippen LogP contribution in [-0.2, 0) is 35.6 Å². The first kappa shape index (κ1) is 34.1. The van der Waals surface area contributed by atoms with Gasteiger partial charge in [-0.2, -0.15) is 0 Å². The standard InChI is InChI=1S/C32H39N3O8S/c1-22(2)28(34-31(38)41-20-23-12-8-6-9-13-23)30(37)33-27(29(36)35-43-32(3,4)5)21-44(39,40)26-18-16-25(17-19-26)42-24-14-10-7-11-15-24/h6-19,22,27-28H,20-21H2,1-5H3,(H,33,37)(H,34,38)(H,35,36)/t27-,28-/m0/s1. The van der Waals surface area contributed by atoms with Gasteiger partial charge in [0.05, 0.1) is 16.2 Å². The molecule has 44 heavy (non-hydrogen) atoms. The van der Waals surface area contributed by atoms with Crippen molar-refractivity contribution in [2.24, 2.45) is 5.92 Å². The molecule has 0 bridgehead atoms. The molecule has 0 aromatic heterocycles. The second-order valence-corrected chi connectivity index (χ2v) is 13.4. The van der Waals surface area contributed by atoms with Crippen molar-refractivity contribution in [2.75, 3.05) is 5.75 Å². The maximum absolute atomic E-state index is 13.4. The molecule has 3 N–H and O–H groups in total. The third kappa shape index (κ3) is 11.0. The van der Waals surface area contributed by atoms with Crippen LogP contribution in [-0.4, -0.2) is 49.8 Å². The van der Waals surface area contributed by atoms with Crippen molar-refractivity contribution in [3.05, 3.63) is 90.5 Å². The molecule has 0 heterocycles. The summed E-state index contributed by atoms with van der Waals surface area (Å²) in [5, 5.41) is 4.99. The van der Waals surface area contributed by atoms with E-state index in [1.54, 1.807) is 71.0 Å². The van der Waals surface area contributed by atoms with Crippen LogP contribution >= 0.6 is 0 Å². The second-order valence-electron chi connectivity index (χ2n) is 11.3. The van der Waals surface area contributed by atoms with Crippen LogP contribution < -0.4 is 20.9 Å². The van der Waals surface area contributed by atoms with Gasteiger partial charge in [-0.1, -0.05) is 62.4 Å². The molecule has 3 amide bonds. The van der Waals surface area contributed by atoms with E-state index in [1.807, 2.05) is 24.3 Å². The molecule has 0 fully saturated rings. The van der Waals surface area contributed by atoms with Crippen LogP contribution in [0.15, 0.2) is 89.8 Å². The molecule has 0 saturated carbocycles. The quantitative estimate of drug-likeness (QED) is 0.235. The molecule has 2 atom stereocenters. The molecule has 11 nitrogen and oxygen atoms in total. The molecule has 0 spiro atoms. The summed E-state index contributed by atoms with van der Waals surface area (Å²) in [6.07, 6.45) is -0.842. The Morgan fingerprint density at radius 2 is 1.34 bits per heavy atom. The number of nitrogens with one attached hydrogen (secondary N) is 3. The predicted molar refractivity (Wildman–Crippen MR) is 164 cm³/mol. The largest absolute Gasteiger partial charge is 0.457 e. The SMILES string of the molecule is CC(C)[C@H](NC(=O)OCc1ccccc1)C(=O)N[C@@H](CS(=O)(=O)c1ccc(Oc2ccccc2)cc1)C(=O)NOC(C)(C)C. The summed E-state index contributed by atoms with van der Waals surface area (Å²) in [6, 6.07) is 21.0. The molecule has 0 aliphatic rings. The Morgan fingerprint density at radius 1 is 0.773 bits per heavy atom. The highest BCUT2D eigenvalue weighted by Gasteiger charge is 2.33. The van der Waals surface area contributed by atoms with Crippen LogP contribution in [0.25, 0.3) is 0 Å². The maximum Gasteiger partial charge on any atom is 0.408 e. The molecule has 236 valence electrons. The zero-order valence-corrected chi connectivity index (χ0v) is 26.2. The van der Waals surface area contributed by atoms with Crippen molar-refractivity contribution in [2.45, 2.75) is 63.8 Å². The average Bonchev–Trinajstić information content (AvgIpc) is 2.98. The van der Waals surface area contributed by atoms with Gasteiger partial charge in [0.15, 0.2) is 9.84 Å². The fourth-order valence-electron chi connectivity index (χ4n) is 3.80. The number of para-hydroxylation sites is 1. The number of carbonyl (C=O) groups excluding carboxylic acids is 3. The summed E-state index contributed by atoms with van der Waals surface area (Å²) in [5.74, 6) is -1.85. The van der Waals surface area contributed by atoms with E-state index >= 15 is 0 Å². The molecule has 12 heteroatoms. The van der Waals surface area contributed by atoms with E-state index in [0.29, 0.717) is 11.5 Å². The highest BCUT2D eigenvalue weighted by Crippen LogP contribution is 2.23. The normalized spacial score (nSPS) is 13.0. The van der Waals surface area contributed by atoms with E-state index in [2.05, 4.69) is 16.1 Å². The molecule has 3 aromatic carbocycles. The molecule has 0 unspecified atom stereocenters. The highest BCUT2D eigenvalue weighted by atomic mass is 32.2. The van der Waals surface area contributed by atoms with Gasteiger partial charge in [0.1, 0.15) is 30.2 Å². The number of carbonyl (C=O) groups is 3. The van der Waals surface area contributed by atoms with Crippen molar-refractivity contribution in [3.8, 4) is 11.5 Å². The Labute approximate surface area is 258 Å². The highest BCUT2D eigenvalue weighted by molar-refractivity contribution is 7.91. The Kier molecular flexibility index (Phi) is 11.9. The first-order chi connectivity index (χ1) is 20.7. The average molecular weight is 626 g/mol. The van der Waals surface area contributed by atoms with E-state index in [-0.39, 0.29) is 11.5 Å². The summed E-state index contributed by atoms with van der Waals surface area (Å²) in [7, 11) is -4.10. The van der Waals surface area contributed by atoms with Gasteiger partial charge in [0.2, 0.25) is 5.91 Å². The third-order valence-electron chi connectivity index (χ3n) is 6.07. The molecule has 3 aromatic rings. The van der Waals surface area contributed by atoms with Crippen LogP contribution in [0.5, 0.6) is 11.5 Å². The number of hydrogen-bond acceptors (Lipinski definition) is 8. The smallest absolute Gasteiger partial charge is 0.408 e. The Balaban J connectivity index is 1.74. The number of ether oxygens (including phenoxy) is 2. The Morgan fingerprint density at radius 3 is 1.91 bits per heavy atom. The van der Waals surface area contributed by atoms with E-state index in [4.69, 9.17) is 14.3 Å². The van der Waals surface area contributed by atoms with Crippen LogP contribution in [0.2, 0.25) is 0 Å². The topological polar surface area (TPSA) is 149 Å². The van der Waals surface area contributed by atoms with Crippen molar-refractivity contribution < 1.29 is 37.1 Å². The van der Waals surface area contributed by atoms with Gasteiger partial charge in [0, 0.05) is 0 Å². The number of sulfone groups is 1. The number of rotatable bonds is 13. The minimum Gasteiger partial charge on any atom is -0.457 e.